The molecule has 2 atom stereocenters. The van der Waals surface area contributed by atoms with Crippen LogP contribution in [-0.2, 0) is 23.7 Å². The van der Waals surface area contributed by atoms with Gasteiger partial charge in [0.1, 0.15) is 12.4 Å². The molecule has 0 saturated carbocycles. The van der Waals surface area contributed by atoms with Crippen LogP contribution in [0, 0.1) is 5.41 Å². The van der Waals surface area contributed by atoms with Crippen molar-refractivity contribution >= 4 is 5.97 Å². The van der Waals surface area contributed by atoms with Gasteiger partial charge in [-0.3, -0.25) is 0 Å². The van der Waals surface area contributed by atoms with Crippen LogP contribution in [0.5, 0.6) is 5.75 Å². The Morgan fingerprint density at radius 3 is 2.44 bits per heavy atom. The molecule has 10 nitrogen and oxygen atoms in total. The van der Waals surface area contributed by atoms with Crippen molar-refractivity contribution < 1.29 is 48.5 Å². The van der Waals surface area contributed by atoms with Gasteiger partial charge >= 0.3 is 5.97 Å². The lowest BCUT2D eigenvalue weighted by Crippen LogP contribution is -2.37. The zero-order valence-corrected chi connectivity index (χ0v) is 19.0. The van der Waals surface area contributed by atoms with Gasteiger partial charge in [-0.25, -0.2) is 4.79 Å². The number of benzene rings is 1. The van der Waals surface area contributed by atoms with Crippen LogP contribution in [0.1, 0.15) is 49.4 Å². The number of carbonyl (C=O) groups is 1. The van der Waals surface area contributed by atoms with Crippen LogP contribution >= 0.6 is 0 Å². The first-order valence-electron chi connectivity index (χ1n) is 10.1. The molecule has 0 saturated heterocycles. The van der Waals surface area contributed by atoms with Crippen molar-refractivity contribution in [1.82, 2.24) is 0 Å². The summed E-state index contributed by atoms with van der Waals surface area (Å²) in [5.41, 5.74) is -0.712. The van der Waals surface area contributed by atoms with E-state index in [0.717, 1.165) is 0 Å². The van der Waals surface area contributed by atoms with Gasteiger partial charge in [0.2, 0.25) is 0 Å². The number of esters is 1. The van der Waals surface area contributed by atoms with Gasteiger partial charge < -0.3 is 43.7 Å². The minimum Gasteiger partial charge on any atom is -0.473 e. The van der Waals surface area contributed by atoms with Crippen molar-refractivity contribution in [3.63, 3.8) is 0 Å². The first-order valence-corrected chi connectivity index (χ1v) is 10.1. The molecule has 0 heterocycles. The molecule has 0 aliphatic rings. The molecule has 32 heavy (non-hydrogen) atoms. The fraction of sp³-hybridized carbons (Fsp3) is 0.591. The Bertz CT molecular complexity index is 721. The topological polar surface area (TPSA) is 133 Å². The highest BCUT2D eigenvalue weighted by Crippen LogP contribution is 2.27. The van der Waals surface area contributed by atoms with Crippen molar-refractivity contribution in [1.29, 1.82) is 0 Å². The Balaban J connectivity index is 2.65. The van der Waals surface area contributed by atoms with Crippen LogP contribution < -0.4 is 4.74 Å². The summed E-state index contributed by atoms with van der Waals surface area (Å²) >= 11 is 0. The number of aliphatic hydroxyl groups is 3. The predicted octanol–water partition coefficient (Wildman–Crippen LogP) is 2.08. The third-order valence-corrected chi connectivity index (χ3v) is 4.74. The second kappa shape index (κ2) is 14.0. The molecule has 1 rings (SSSR count). The Hall–Kier alpha value is -2.21. The molecule has 0 bridgehead atoms. The molecule has 0 aromatic heterocycles. The minimum atomic E-state index is -1.87. The van der Waals surface area contributed by atoms with E-state index < -0.39 is 24.0 Å². The zero-order chi connectivity index (χ0) is 24.1. The van der Waals surface area contributed by atoms with E-state index in [1.807, 2.05) is 13.8 Å². The Labute approximate surface area is 188 Å². The Morgan fingerprint density at radius 2 is 1.84 bits per heavy atom. The maximum Gasteiger partial charge on any atom is 0.338 e. The first kappa shape index (κ1) is 27.8. The number of rotatable bonds is 16. The number of allylic oxidation sites excluding steroid dienone is 1. The third-order valence-electron chi connectivity index (χ3n) is 4.74. The lowest BCUT2D eigenvalue weighted by atomic mass is 9.88. The zero-order valence-electron chi connectivity index (χ0n) is 19.0. The SMILES string of the molecule is C=C(C)OCOCCOC(=O)c1cc(OCOCC(C)(CC)C(O)OC)ccc1C(O)O. The van der Waals surface area contributed by atoms with Gasteiger partial charge in [0.15, 0.2) is 26.2 Å². The van der Waals surface area contributed by atoms with Crippen molar-refractivity contribution in [2.24, 2.45) is 5.41 Å². The molecule has 0 fully saturated rings. The standard InChI is InChI=1S/C22H34O10/c1-6-22(4,21(26)27-5)12-29-14-32-16-7-8-17(19(23)24)18(11-16)20(25)30-10-9-28-13-31-15(2)3/h7-8,11,19,21,23-24,26H,2,6,9-10,12-14H2,1,3-5H3. The van der Waals surface area contributed by atoms with Gasteiger partial charge in [0, 0.05) is 18.1 Å². The van der Waals surface area contributed by atoms with Gasteiger partial charge in [-0.05, 0) is 31.5 Å². The molecule has 0 aliphatic carbocycles. The van der Waals surface area contributed by atoms with E-state index in [1.165, 1.54) is 25.3 Å². The molecule has 3 N–H and O–H groups in total. The lowest BCUT2D eigenvalue weighted by Gasteiger charge is -2.31. The highest BCUT2D eigenvalue weighted by molar-refractivity contribution is 5.91. The van der Waals surface area contributed by atoms with E-state index >= 15 is 0 Å². The second-order valence-electron chi connectivity index (χ2n) is 7.34. The summed E-state index contributed by atoms with van der Waals surface area (Å²) in [5.74, 6) is -0.0119. The first-order chi connectivity index (χ1) is 15.1. The Kier molecular flexibility index (Phi) is 12.2. The summed E-state index contributed by atoms with van der Waals surface area (Å²) in [5, 5.41) is 29.0. The molecule has 0 aliphatic heterocycles. The highest BCUT2D eigenvalue weighted by atomic mass is 16.7. The maximum atomic E-state index is 12.4. The molecule has 2 unspecified atom stereocenters. The van der Waals surface area contributed by atoms with Gasteiger partial charge in [-0.2, -0.15) is 0 Å². The van der Waals surface area contributed by atoms with Crippen molar-refractivity contribution in [2.75, 3.05) is 40.5 Å². The highest BCUT2D eigenvalue weighted by Gasteiger charge is 2.32. The molecule has 0 amide bonds. The second-order valence-corrected chi connectivity index (χ2v) is 7.34. The van der Waals surface area contributed by atoms with Crippen LogP contribution in [0.15, 0.2) is 30.5 Å². The monoisotopic (exact) mass is 458 g/mol. The number of ether oxygens (including phenoxy) is 6. The average molecular weight is 459 g/mol. The van der Waals surface area contributed by atoms with Crippen molar-refractivity contribution in [2.45, 2.75) is 39.8 Å². The van der Waals surface area contributed by atoms with E-state index in [-0.39, 0.29) is 50.3 Å². The van der Waals surface area contributed by atoms with E-state index in [4.69, 9.17) is 28.4 Å². The van der Waals surface area contributed by atoms with Crippen LogP contribution in [0.4, 0.5) is 0 Å². The average Bonchev–Trinajstić information content (AvgIpc) is 2.77. The van der Waals surface area contributed by atoms with Crippen molar-refractivity contribution in [3.8, 4) is 5.75 Å². The fourth-order valence-electron chi connectivity index (χ4n) is 2.52. The van der Waals surface area contributed by atoms with Crippen LogP contribution in [-0.4, -0.2) is 68.1 Å². The Morgan fingerprint density at radius 1 is 1.12 bits per heavy atom. The van der Waals surface area contributed by atoms with E-state index in [0.29, 0.717) is 12.2 Å². The molecule has 182 valence electrons. The summed E-state index contributed by atoms with van der Waals surface area (Å²) in [6.45, 7) is 8.99. The van der Waals surface area contributed by atoms with Crippen LogP contribution in [0.3, 0.4) is 0 Å². The van der Waals surface area contributed by atoms with E-state index in [9.17, 15) is 20.1 Å². The number of hydrogen-bond acceptors (Lipinski definition) is 10. The molecule has 10 heteroatoms. The molecular weight excluding hydrogens is 424 g/mol. The normalized spacial score (nSPS) is 14.0. The smallest absolute Gasteiger partial charge is 0.338 e. The quantitative estimate of drug-likeness (QED) is 0.146. The van der Waals surface area contributed by atoms with Gasteiger partial charge in [-0.15, -0.1) is 0 Å². The molecule has 1 aromatic carbocycles. The lowest BCUT2D eigenvalue weighted by molar-refractivity contribution is -0.180. The van der Waals surface area contributed by atoms with E-state index in [2.05, 4.69) is 6.58 Å². The fourth-order valence-corrected chi connectivity index (χ4v) is 2.52. The van der Waals surface area contributed by atoms with Gasteiger partial charge in [0.25, 0.3) is 0 Å². The molecular formula is C22H34O10. The minimum absolute atomic E-state index is 0.0186. The summed E-state index contributed by atoms with van der Waals surface area (Å²) in [4.78, 5) is 12.4. The summed E-state index contributed by atoms with van der Waals surface area (Å²) in [6.07, 6.45) is -2.25. The predicted molar refractivity (Wildman–Crippen MR) is 113 cm³/mol. The van der Waals surface area contributed by atoms with Crippen molar-refractivity contribution in [3.05, 3.63) is 41.7 Å². The maximum absolute atomic E-state index is 12.4. The van der Waals surface area contributed by atoms with Gasteiger partial charge in [-0.1, -0.05) is 20.4 Å². The van der Waals surface area contributed by atoms with Crippen LogP contribution in [0.25, 0.3) is 0 Å². The summed E-state index contributed by atoms with van der Waals surface area (Å²) in [7, 11) is 1.41. The summed E-state index contributed by atoms with van der Waals surface area (Å²) < 4.78 is 31.2. The molecule has 0 radical (unpaired) electrons. The summed E-state index contributed by atoms with van der Waals surface area (Å²) in [6, 6.07) is 4.14. The van der Waals surface area contributed by atoms with Gasteiger partial charge in [0.05, 0.1) is 24.5 Å². The van der Waals surface area contributed by atoms with Crippen LogP contribution in [0.2, 0.25) is 0 Å². The number of carbonyl (C=O) groups excluding carboxylic acids is 1. The molecule has 1 aromatic rings. The number of aliphatic hydroxyl groups excluding tert-OH is 2. The number of methoxy groups -OCH3 is 1. The van der Waals surface area contributed by atoms with E-state index in [1.54, 1.807) is 6.92 Å². The molecule has 0 spiro atoms. The number of hydrogen-bond donors (Lipinski definition) is 3. The third kappa shape index (κ3) is 9.11. The largest absolute Gasteiger partial charge is 0.473 e.